The van der Waals surface area contributed by atoms with E-state index in [0.717, 1.165) is 49.4 Å². The summed E-state index contributed by atoms with van der Waals surface area (Å²) in [5.74, 6) is 0.00273. The van der Waals surface area contributed by atoms with Gasteiger partial charge in [-0.05, 0) is 97.7 Å². The summed E-state index contributed by atoms with van der Waals surface area (Å²) < 4.78 is 36.7. The van der Waals surface area contributed by atoms with Gasteiger partial charge in [0.15, 0.2) is 0 Å². The average Bonchev–Trinajstić information content (AvgIpc) is 3.21. The lowest BCUT2D eigenvalue weighted by Gasteiger charge is -2.46. The predicted octanol–water partition coefficient (Wildman–Crippen LogP) is 5.28. The smallest absolute Gasteiger partial charge is 0.285 e. The Morgan fingerprint density at radius 3 is 2.73 bits per heavy atom. The van der Waals surface area contributed by atoms with Gasteiger partial charge in [-0.1, -0.05) is 36.7 Å². The monoisotopic (exact) mass is 739 g/mol. The first kappa shape index (κ1) is 36.4. The second-order valence-electron chi connectivity index (χ2n) is 15.6. The molecular formula is C39H50ClN3O7S. The molecule has 3 aliphatic heterocycles. The van der Waals surface area contributed by atoms with E-state index in [1.807, 2.05) is 25.1 Å². The Hall–Kier alpha value is -2.96. The number of carbonyl (C=O) groups excluding carboxylic acids is 2. The lowest BCUT2D eigenvalue weighted by atomic mass is 9.68. The molecule has 1 saturated carbocycles. The number of aliphatic hydroxyl groups is 1. The van der Waals surface area contributed by atoms with Gasteiger partial charge in [0, 0.05) is 49.1 Å². The van der Waals surface area contributed by atoms with Gasteiger partial charge >= 0.3 is 0 Å². The number of methoxy groups -OCH3 is 2. The first-order valence-electron chi connectivity index (χ1n) is 18.2. The zero-order chi connectivity index (χ0) is 36.0. The Labute approximate surface area is 306 Å². The zero-order valence-electron chi connectivity index (χ0n) is 29.9. The standard InChI is InChI=1S/C39H50ClN3O7S/c1-26-6-4-8-34(49-3)31-12-9-29(31)18-42-21-38(15-5-7-27-16-30(40)11-13-32(27)38)24-50-35-14-10-28(17-33(35)42)37(45)41-51(47,19-26)20-36(44)43-22-39(46,23-43)25-48-2/h4,8,10-11,13-14,16-17,26,29,31,34,46H,5-7,9,12,15,18-25H2,1-3H3/b8-4+/t26-,29-,31+,34-,38-,51+/m0/s1. The maximum Gasteiger partial charge on any atom is 0.285 e. The largest absolute Gasteiger partial charge is 0.490 e. The minimum absolute atomic E-state index is 0.0566. The van der Waals surface area contributed by atoms with Gasteiger partial charge in [0.1, 0.15) is 17.1 Å². The van der Waals surface area contributed by atoms with Crippen LogP contribution in [0.2, 0.25) is 5.02 Å². The SMILES string of the molecule is COCC1(O)CN(C(=O)C[S@@]2(=O)=NC(=O)c3ccc4c(c3)N(C[C@@H]3CC[C@H]3[C@@H](OC)/C=C/C[C@H](C)C2)C[C@@]2(CCCc3cc(Cl)ccc32)CO4)C1. The Bertz CT molecular complexity index is 1820. The van der Waals surface area contributed by atoms with Crippen LogP contribution in [0.25, 0.3) is 0 Å². The van der Waals surface area contributed by atoms with Crippen LogP contribution in [-0.4, -0.2) is 103 Å². The van der Waals surface area contributed by atoms with Crippen LogP contribution >= 0.6 is 11.6 Å². The average molecular weight is 740 g/mol. The molecule has 12 heteroatoms. The Morgan fingerprint density at radius 1 is 1.16 bits per heavy atom. The number of fused-ring (bicyclic) bond motifs is 4. The summed E-state index contributed by atoms with van der Waals surface area (Å²) in [6, 6.07) is 11.6. The number of ether oxygens (including phenoxy) is 3. The topological polar surface area (TPSA) is 118 Å². The number of allylic oxidation sites excluding steroid dienone is 1. The van der Waals surface area contributed by atoms with Gasteiger partial charge in [-0.15, -0.1) is 0 Å². The quantitative estimate of drug-likeness (QED) is 0.412. The van der Waals surface area contributed by atoms with Crippen molar-refractivity contribution in [1.82, 2.24) is 4.90 Å². The predicted molar refractivity (Wildman–Crippen MR) is 198 cm³/mol. The summed E-state index contributed by atoms with van der Waals surface area (Å²) in [4.78, 5) is 31.2. The molecule has 1 spiro atoms. The third-order valence-electron chi connectivity index (χ3n) is 11.7. The van der Waals surface area contributed by atoms with Crippen LogP contribution in [0.3, 0.4) is 0 Å². The summed E-state index contributed by atoms with van der Waals surface area (Å²) >= 11 is 6.45. The molecule has 6 atom stereocenters. The molecule has 2 aliphatic carbocycles. The second kappa shape index (κ2) is 14.5. The van der Waals surface area contributed by atoms with Crippen LogP contribution < -0.4 is 9.64 Å². The highest BCUT2D eigenvalue weighted by molar-refractivity contribution is 7.94. The molecule has 2 aromatic carbocycles. The number of benzene rings is 2. The van der Waals surface area contributed by atoms with Crippen LogP contribution in [0.5, 0.6) is 5.75 Å². The molecule has 10 nitrogen and oxygen atoms in total. The van der Waals surface area contributed by atoms with Crippen LogP contribution in [0, 0.1) is 17.8 Å². The Balaban J connectivity index is 1.26. The number of aryl methyl sites for hydroxylation is 1. The lowest BCUT2D eigenvalue weighted by Crippen LogP contribution is -2.66. The van der Waals surface area contributed by atoms with E-state index >= 15 is 0 Å². The van der Waals surface area contributed by atoms with E-state index < -0.39 is 32.9 Å². The number of β-amino-alcohol motifs (C(OH)–C–C–N with tert-alkyl or cyclic N) is 1. The highest BCUT2D eigenvalue weighted by atomic mass is 35.5. The van der Waals surface area contributed by atoms with Crippen LogP contribution in [0.4, 0.5) is 5.69 Å². The van der Waals surface area contributed by atoms with Crippen molar-refractivity contribution in [2.45, 2.75) is 62.6 Å². The van der Waals surface area contributed by atoms with Crippen molar-refractivity contribution in [2.75, 3.05) is 70.0 Å². The third kappa shape index (κ3) is 7.47. The molecule has 0 aromatic heterocycles. The fourth-order valence-corrected chi connectivity index (χ4v) is 11.4. The van der Waals surface area contributed by atoms with E-state index in [4.69, 9.17) is 25.8 Å². The summed E-state index contributed by atoms with van der Waals surface area (Å²) in [7, 11) is -0.0546. The molecule has 0 radical (unpaired) electrons. The number of likely N-dealkylation sites (tertiary alicyclic amines) is 1. The second-order valence-corrected chi connectivity index (χ2v) is 18.4. The van der Waals surface area contributed by atoms with E-state index in [2.05, 4.69) is 33.5 Å². The highest BCUT2D eigenvalue weighted by Crippen LogP contribution is 2.47. The fourth-order valence-electron chi connectivity index (χ4n) is 8.95. The van der Waals surface area contributed by atoms with Crippen molar-refractivity contribution >= 4 is 38.8 Å². The maximum absolute atomic E-state index is 14.6. The van der Waals surface area contributed by atoms with Crippen molar-refractivity contribution in [3.63, 3.8) is 0 Å². The summed E-state index contributed by atoms with van der Waals surface area (Å²) in [5, 5.41) is 11.3. The minimum Gasteiger partial charge on any atom is -0.490 e. The van der Waals surface area contributed by atoms with E-state index in [9.17, 15) is 18.9 Å². The summed E-state index contributed by atoms with van der Waals surface area (Å²) in [5.41, 5.74) is 2.29. The molecule has 2 bridgehead atoms. The molecule has 2 amide bonds. The fraction of sp³-hybridized carbons (Fsp3) is 0.590. The van der Waals surface area contributed by atoms with Crippen molar-refractivity contribution in [3.05, 3.63) is 70.3 Å². The summed E-state index contributed by atoms with van der Waals surface area (Å²) in [6.07, 6.45) is 9.90. The van der Waals surface area contributed by atoms with Gasteiger partial charge < -0.3 is 29.1 Å². The minimum atomic E-state index is -3.31. The lowest BCUT2D eigenvalue weighted by molar-refractivity contribution is -0.162. The van der Waals surface area contributed by atoms with Gasteiger partial charge in [0.25, 0.3) is 5.91 Å². The molecule has 276 valence electrons. The molecule has 51 heavy (non-hydrogen) atoms. The number of hydrogen-bond acceptors (Lipinski definition) is 8. The number of carbonyl (C=O) groups is 2. The van der Waals surface area contributed by atoms with Crippen molar-refractivity contribution in [1.29, 1.82) is 0 Å². The van der Waals surface area contributed by atoms with Crippen LogP contribution in [0.1, 0.15) is 60.5 Å². The van der Waals surface area contributed by atoms with E-state index in [1.165, 1.54) is 23.1 Å². The normalized spacial score (nSPS) is 32.3. The number of amides is 2. The molecular weight excluding hydrogens is 690 g/mol. The number of halogens is 1. The van der Waals surface area contributed by atoms with E-state index in [0.29, 0.717) is 42.7 Å². The number of hydrogen-bond donors (Lipinski definition) is 1. The third-order valence-corrected chi connectivity index (χ3v) is 14.2. The van der Waals surface area contributed by atoms with E-state index in [1.54, 1.807) is 13.2 Å². The molecule has 3 heterocycles. The molecule has 1 N–H and O–H groups in total. The van der Waals surface area contributed by atoms with Crippen molar-refractivity contribution in [2.24, 2.45) is 22.1 Å². The van der Waals surface area contributed by atoms with Crippen molar-refractivity contribution in [3.8, 4) is 5.75 Å². The number of nitrogens with zero attached hydrogens (tertiary/aromatic N) is 3. The molecule has 2 aromatic rings. The molecule has 7 rings (SSSR count). The first-order chi connectivity index (χ1) is 24.4. The molecule has 2 fully saturated rings. The Kier molecular flexibility index (Phi) is 10.3. The Morgan fingerprint density at radius 2 is 1.98 bits per heavy atom. The van der Waals surface area contributed by atoms with Gasteiger partial charge in [-0.3, -0.25) is 9.59 Å². The van der Waals surface area contributed by atoms with Gasteiger partial charge in [-0.2, -0.15) is 4.36 Å². The number of rotatable bonds is 5. The van der Waals surface area contributed by atoms with Crippen LogP contribution in [0.15, 0.2) is 52.9 Å². The zero-order valence-corrected chi connectivity index (χ0v) is 31.4. The molecule has 1 saturated heterocycles. The van der Waals surface area contributed by atoms with Gasteiger partial charge in [-0.25, -0.2) is 4.21 Å². The first-order valence-corrected chi connectivity index (χ1v) is 20.4. The highest BCUT2D eigenvalue weighted by Gasteiger charge is 2.46. The van der Waals surface area contributed by atoms with Gasteiger partial charge in [0.05, 0.1) is 47.8 Å². The molecule has 0 unspecified atom stereocenters. The maximum atomic E-state index is 14.6. The van der Waals surface area contributed by atoms with E-state index in [-0.39, 0.29) is 42.9 Å². The van der Waals surface area contributed by atoms with Gasteiger partial charge in [0.2, 0.25) is 5.91 Å². The summed E-state index contributed by atoms with van der Waals surface area (Å²) in [6.45, 7) is 4.24. The molecule has 5 aliphatic rings. The van der Waals surface area contributed by atoms with Crippen molar-refractivity contribution < 1.29 is 33.1 Å². The van der Waals surface area contributed by atoms with Crippen LogP contribution in [-0.2, 0) is 35.8 Å². The number of anilines is 1.